The van der Waals surface area contributed by atoms with E-state index in [1.54, 1.807) is 56.3 Å². The zero-order valence-electron chi connectivity index (χ0n) is 22.5. The van der Waals surface area contributed by atoms with E-state index in [0.29, 0.717) is 55.3 Å². The highest BCUT2D eigenvalue weighted by molar-refractivity contribution is 9.10. The highest BCUT2D eigenvalue weighted by Crippen LogP contribution is 2.37. The standard InChI is InChI=1S/C29H29BrN2O7S/c1-6-11-39-20-10-9-18(15-21(20)37-7-2)25-24(28(35)38-8-3)16(4)31-29-32(25)27(34)23(40-29)14-17-12-19(30)26(33)22(13-17)36-5/h6,9-10,12-15,25,33H,1,7-8,11H2,2-5H3/b23-14+. The maximum atomic E-state index is 13.9. The number of fused-ring (bicyclic) bond motifs is 1. The van der Waals surface area contributed by atoms with E-state index in [9.17, 15) is 14.7 Å². The van der Waals surface area contributed by atoms with E-state index in [2.05, 4.69) is 27.5 Å². The number of hydrogen-bond acceptors (Lipinski definition) is 9. The summed E-state index contributed by atoms with van der Waals surface area (Å²) in [5, 5.41) is 10.2. The number of halogens is 1. The normalized spacial score (nSPS) is 14.8. The highest BCUT2D eigenvalue weighted by atomic mass is 79.9. The third-order valence-corrected chi connectivity index (χ3v) is 7.61. The van der Waals surface area contributed by atoms with Crippen LogP contribution in [0.2, 0.25) is 0 Å². The van der Waals surface area contributed by atoms with Gasteiger partial charge in [0, 0.05) is 0 Å². The Labute approximate surface area is 243 Å². The Kier molecular flexibility index (Phi) is 9.16. The van der Waals surface area contributed by atoms with Crippen molar-refractivity contribution in [3.63, 3.8) is 0 Å². The minimum atomic E-state index is -0.814. The lowest BCUT2D eigenvalue weighted by molar-refractivity contribution is -0.139. The number of ether oxygens (including phenoxy) is 4. The summed E-state index contributed by atoms with van der Waals surface area (Å²) in [4.78, 5) is 32.2. The number of phenolic OH excluding ortho intramolecular Hbond substituents is 1. The molecule has 0 spiro atoms. The second-order valence-electron chi connectivity index (χ2n) is 8.59. The molecule has 0 radical (unpaired) electrons. The number of phenols is 1. The Morgan fingerprint density at radius 2 is 1.95 bits per heavy atom. The zero-order chi connectivity index (χ0) is 29.0. The van der Waals surface area contributed by atoms with Crippen molar-refractivity contribution in [2.24, 2.45) is 4.99 Å². The maximum Gasteiger partial charge on any atom is 0.338 e. The second kappa shape index (κ2) is 12.6. The molecule has 0 aliphatic carbocycles. The van der Waals surface area contributed by atoms with Gasteiger partial charge in [-0.2, -0.15) is 0 Å². The van der Waals surface area contributed by atoms with Crippen molar-refractivity contribution in [3.8, 4) is 23.0 Å². The van der Waals surface area contributed by atoms with Crippen LogP contribution < -0.4 is 29.1 Å². The molecule has 11 heteroatoms. The van der Waals surface area contributed by atoms with Crippen LogP contribution in [0.5, 0.6) is 23.0 Å². The van der Waals surface area contributed by atoms with E-state index in [1.807, 2.05) is 6.92 Å². The number of rotatable bonds is 10. The van der Waals surface area contributed by atoms with E-state index in [4.69, 9.17) is 18.9 Å². The summed E-state index contributed by atoms with van der Waals surface area (Å²) >= 11 is 4.51. The zero-order valence-corrected chi connectivity index (χ0v) is 24.9. The van der Waals surface area contributed by atoms with E-state index in [0.717, 1.165) is 0 Å². The molecule has 9 nitrogen and oxygen atoms in total. The Hall–Kier alpha value is -3.83. The van der Waals surface area contributed by atoms with Crippen LogP contribution in [0.3, 0.4) is 0 Å². The van der Waals surface area contributed by atoms with Gasteiger partial charge in [0.15, 0.2) is 27.8 Å². The van der Waals surface area contributed by atoms with Gasteiger partial charge in [-0.25, -0.2) is 9.79 Å². The van der Waals surface area contributed by atoms with Gasteiger partial charge in [-0.15, -0.1) is 0 Å². The molecule has 40 heavy (non-hydrogen) atoms. The molecule has 0 amide bonds. The number of esters is 1. The van der Waals surface area contributed by atoms with Crippen molar-refractivity contribution < 1.29 is 28.8 Å². The van der Waals surface area contributed by atoms with Gasteiger partial charge in [0.1, 0.15) is 6.61 Å². The number of hydrogen-bond donors (Lipinski definition) is 1. The summed E-state index contributed by atoms with van der Waals surface area (Å²) in [6, 6.07) is 7.80. The van der Waals surface area contributed by atoms with Crippen LogP contribution >= 0.6 is 27.3 Å². The second-order valence-corrected chi connectivity index (χ2v) is 10.5. The number of aromatic hydroxyl groups is 1. The lowest BCUT2D eigenvalue weighted by Gasteiger charge is -2.25. The molecule has 1 aliphatic heterocycles. The van der Waals surface area contributed by atoms with E-state index >= 15 is 0 Å². The molecule has 210 valence electrons. The molecule has 2 heterocycles. The number of carbonyl (C=O) groups is 1. The Balaban J connectivity index is 1.95. The minimum Gasteiger partial charge on any atom is -0.503 e. The molecular weight excluding hydrogens is 600 g/mol. The predicted octanol–water partition coefficient (Wildman–Crippen LogP) is 4.24. The molecule has 0 saturated carbocycles. The molecule has 2 aromatic carbocycles. The number of carbonyl (C=O) groups excluding carboxylic acids is 1. The third-order valence-electron chi connectivity index (χ3n) is 6.03. The van der Waals surface area contributed by atoms with Crippen molar-refractivity contribution in [2.45, 2.75) is 26.8 Å². The van der Waals surface area contributed by atoms with Gasteiger partial charge >= 0.3 is 5.97 Å². The summed E-state index contributed by atoms with van der Waals surface area (Å²) in [5.74, 6) is 0.654. The van der Waals surface area contributed by atoms with Gasteiger partial charge < -0.3 is 24.1 Å². The van der Waals surface area contributed by atoms with Crippen molar-refractivity contribution in [2.75, 3.05) is 26.9 Å². The van der Waals surface area contributed by atoms with E-state index in [-0.39, 0.29) is 29.2 Å². The number of benzene rings is 2. The summed E-state index contributed by atoms with van der Waals surface area (Å²) in [7, 11) is 1.45. The average molecular weight is 630 g/mol. The fourth-order valence-corrected chi connectivity index (χ4v) is 5.83. The first-order valence-corrected chi connectivity index (χ1v) is 14.1. The summed E-state index contributed by atoms with van der Waals surface area (Å²) in [5.41, 5.74) is 1.64. The molecule has 1 unspecified atom stereocenters. The van der Waals surface area contributed by atoms with Crippen molar-refractivity contribution >= 4 is 39.3 Å². The molecule has 1 aliphatic rings. The van der Waals surface area contributed by atoms with Gasteiger partial charge in [-0.05, 0) is 78.2 Å². The van der Waals surface area contributed by atoms with Crippen molar-refractivity contribution in [3.05, 3.63) is 89.5 Å². The Morgan fingerprint density at radius 1 is 1.18 bits per heavy atom. The van der Waals surface area contributed by atoms with Crippen LogP contribution in [0.1, 0.15) is 37.9 Å². The number of nitrogens with zero attached hydrogens (tertiary/aromatic N) is 2. The number of aromatic nitrogens is 1. The monoisotopic (exact) mass is 628 g/mol. The lowest BCUT2D eigenvalue weighted by atomic mass is 9.95. The molecule has 3 aromatic rings. The average Bonchev–Trinajstić information content (AvgIpc) is 3.23. The van der Waals surface area contributed by atoms with Gasteiger partial charge in [-0.1, -0.05) is 30.1 Å². The Morgan fingerprint density at radius 3 is 2.62 bits per heavy atom. The first-order chi connectivity index (χ1) is 19.2. The number of thiazole rings is 1. The fraction of sp³-hybridized carbons (Fsp3) is 0.276. The summed E-state index contributed by atoms with van der Waals surface area (Å²) in [6.45, 7) is 9.85. The third kappa shape index (κ3) is 5.71. The topological polar surface area (TPSA) is 109 Å². The van der Waals surface area contributed by atoms with Crippen LogP contribution in [0.4, 0.5) is 0 Å². The highest BCUT2D eigenvalue weighted by Gasteiger charge is 2.34. The number of allylic oxidation sites excluding steroid dienone is 1. The van der Waals surface area contributed by atoms with Crippen LogP contribution in [-0.4, -0.2) is 42.6 Å². The Bertz CT molecular complexity index is 1670. The number of methoxy groups -OCH3 is 1. The molecule has 0 fully saturated rings. The lowest BCUT2D eigenvalue weighted by Crippen LogP contribution is -2.40. The van der Waals surface area contributed by atoms with Gasteiger partial charge in [0.2, 0.25) is 0 Å². The molecule has 1 aromatic heterocycles. The fourth-order valence-electron chi connectivity index (χ4n) is 4.32. The molecule has 1 atom stereocenters. The molecule has 4 rings (SSSR count). The quantitative estimate of drug-likeness (QED) is 0.264. The van der Waals surface area contributed by atoms with Gasteiger partial charge in [-0.3, -0.25) is 9.36 Å². The molecule has 0 saturated heterocycles. The van der Waals surface area contributed by atoms with Gasteiger partial charge in [0.25, 0.3) is 5.56 Å². The van der Waals surface area contributed by atoms with Crippen LogP contribution in [0.15, 0.2) is 68.5 Å². The molecule has 0 bridgehead atoms. The van der Waals surface area contributed by atoms with E-state index in [1.165, 1.54) is 23.0 Å². The van der Waals surface area contributed by atoms with Crippen molar-refractivity contribution in [1.82, 2.24) is 4.57 Å². The summed E-state index contributed by atoms with van der Waals surface area (Å²) < 4.78 is 24.5. The molecular formula is C29H29BrN2O7S. The van der Waals surface area contributed by atoms with Crippen LogP contribution in [0.25, 0.3) is 6.08 Å². The minimum absolute atomic E-state index is 0.0403. The first-order valence-electron chi connectivity index (χ1n) is 12.5. The largest absolute Gasteiger partial charge is 0.503 e. The maximum absolute atomic E-state index is 13.9. The predicted molar refractivity (Wildman–Crippen MR) is 156 cm³/mol. The molecule has 1 N–H and O–H groups in total. The smallest absolute Gasteiger partial charge is 0.338 e. The SMILES string of the molecule is C=CCOc1ccc(C2C(C(=O)OCC)=C(C)N=c3s/c(=C/c4cc(Br)c(O)c(OC)c4)c(=O)n32)cc1OCC. The van der Waals surface area contributed by atoms with Crippen LogP contribution in [-0.2, 0) is 9.53 Å². The summed E-state index contributed by atoms with van der Waals surface area (Å²) in [6.07, 6.45) is 3.32. The van der Waals surface area contributed by atoms with Crippen LogP contribution in [0, 0.1) is 0 Å². The van der Waals surface area contributed by atoms with E-state index < -0.39 is 12.0 Å². The van der Waals surface area contributed by atoms with Crippen molar-refractivity contribution in [1.29, 1.82) is 0 Å². The van der Waals surface area contributed by atoms with Gasteiger partial charge in [0.05, 0.1) is 46.6 Å². The first kappa shape index (κ1) is 29.2.